The summed E-state index contributed by atoms with van der Waals surface area (Å²) in [6.45, 7) is 8.04. The highest BCUT2D eigenvalue weighted by molar-refractivity contribution is 7.13. The third kappa shape index (κ3) is 3.01. The van der Waals surface area contributed by atoms with Gasteiger partial charge in [0.1, 0.15) is 0 Å². The Balaban J connectivity index is 2.05. The number of hydrogen-bond acceptors (Lipinski definition) is 5. The van der Waals surface area contributed by atoms with Crippen molar-refractivity contribution in [3.8, 4) is 10.4 Å². The molecule has 126 valence electrons. The second-order valence-corrected chi connectivity index (χ2v) is 7.85. The van der Waals surface area contributed by atoms with Crippen LogP contribution in [0.25, 0.3) is 10.4 Å². The molecule has 3 rings (SSSR count). The van der Waals surface area contributed by atoms with E-state index in [0.29, 0.717) is 5.56 Å². The van der Waals surface area contributed by atoms with Gasteiger partial charge in [0.15, 0.2) is 0 Å². The van der Waals surface area contributed by atoms with Crippen LogP contribution in [0.2, 0.25) is 0 Å². The van der Waals surface area contributed by atoms with Gasteiger partial charge < -0.3 is 14.0 Å². The molecule has 0 bridgehead atoms. The molecule has 1 aromatic heterocycles. The van der Waals surface area contributed by atoms with Crippen molar-refractivity contribution in [1.29, 1.82) is 0 Å². The minimum atomic E-state index is -0.515. The van der Waals surface area contributed by atoms with Crippen molar-refractivity contribution in [2.75, 3.05) is 7.11 Å². The third-order valence-corrected chi connectivity index (χ3v) is 5.63. The van der Waals surface area contributed by atoms with Gasteiger partial charge in [0.25, 0.3) is 0 Å². The van der Waals surface area contributed by atoms with Gasteiger partial charge in [-0.1, -0.05) is 12.1 Å². The summed E-state index contributed by atoms with van der Waals surface area (Å²) in [6.07, 6.45) is 0. The van der Waals surface area contributed by atoms with E-state index in [1.54, 1.807) is 17.4 Å². The Labute approximate surface area is 146 Å². The van der Waals surface area contributed by atoms with Crippen LogP contribution in [0.1, 0.15) is 38.1 Å². The summed E-state index contributed by atoms with van der Waals surface area (Å²) in [5.41, 5.74) is 1.41. The Bertz CT molecular complexity index is 736. The first-order valence-corrected chi connectivity index (χ1v) is 8.74. The van der Waals surface area contributed by atoms with Crippen LogP contribution in [-0.4, -0.2) is 31.4 Å². The fourth-order valence-corrected chi connectivity index (χ4v) is 3.30. The van der Waals surface area contributed by atoms with Crippen LogP contribution in [0, 0.1) is 0 Å². The molecule has 1 aromatic carbocycles. The molecule has 0 atom stereocenters. The first-order chi connectivity index (χ1) is 11.2. The lowest BCUT2D eigenvalue weighted by Crippen LogP contribution is -2.41. The number of carbonyl (C=O) groups excluding carboxylic acids is 1. The molecule has 0 unspecified atom stereocenters. The number of methoxy groups -OCH3 is 1. The predicted octanol–water partition coefficient (Wildman–Crippen LogP) is 3.50. The van der Waals surface area contributed by atoms with Crippen molar-refractivity contribution in [2.24, 2.45) is 0 Å². The van der Waals surface area contributed by atoms with E-state index in [0.717, 1.165) is 15.9 Å². The quantitative estimate of drug-likeness (QED) is 0.632. The van der Waals surface area contributed by atoms with Gasteiger partial charge in [-0.2, -0.15) is 0 Å². The summed E-state index contributed by atoms with van der Waals surface area (Å²) >= 11 is 1.62. The van der Waals surface area contributed by atoms with Gasteiger partial charge in [0.05, 0.1) is 23.9 Å². The number of hydrogen-bond donors (Lipinski definition) is 0. The minimum absolute atomic E-state index is 0.369. The fourth-order valence-electron chi connectivity index (χ4n) is 2.59. The molecule has 1 aliphatic rings. The molecule has 1 fully saturated rings. The largest absolute Gasteiger partial charge is 0.494 e. The number of rotatable bonds is 3. The molecule has 0 amide bonds. The smallest absolute Gasteiger partial charge is 0.465 e. The summed E-state index contributed by atoms with van der Waals surface area (Å²) in [5, 5.41) is 2.01. The van der Waals surface area contributed by atoms with E-state index in [1.807, 2.05) is 57.3 Å². The second-order valence-electron chi connectivity index (χ2n) is 6.90. The molecule has 0 N–H and O–H groups in total. The number of thiophene rings is 1. The van der Waals surface area contributed by atoms with Crippen molar-refractivity contribution >= 4 is 29.9 Å². The van der Waals surface area contributed by atoms with Gasteiger partial charge in [-0.05, 0) is 62.3 Å². The first-order valence-electron chi connectivity index (χ1n) is 7.86. The molecule has 0 saturated carbocycles. The molecular formula is C18H21BO4S. The van der Waals surface area contributed by atoms with E-state index in [9.17, 15) is 4.79 Å². The predicted molar refractivity (Wildman–Crippen MR) is 96.8 cm³/mol. The molecule has 4 nitrogen and oxygen atoms in total. The SMILES string of the molecule is COC(=O)c1cc(B2OC(C)(C)C(C)(C)O2)cc(-c2cccs2)c1. The zero-order valence-corrected chi connectivity index (χ0v) is 15.4. The van der Waals surface area contributed by atoms with Gasteiger partial charge in [0.2, 0.25) is 0 Å². The Morgan fingerprint density at radius 3 is 2.33 bits per heavy atom. The molecule has 24 heavy (non-hydrogen) atoms. The Morgan fingerprint density at radius 2 is 1.79 bits per heavy atom. The van der Waals surface area contributed by atoms with E-state index in [1.165, 1.54) is 7.11 Å². The Hall–Kier alpha value is -1.63. The molecule has 1 aliphatic heterocycles. The lowest BCUT2D eigenvalue weighted by molar-refractivity contribution is 0.00578. The topological polar surface area (TPSA) is 44.8 Å². The van der Waals surface area contributed by atoms with Crippen LogP contribution >= 0.6 is 11.3 Å². The van der Waals surface area contributed by atoms with Crippen LogP contribution in [0.3, 0.4) is 0 Å². The molecule has 6 heteroatoms. The highest BCUT2D eigenvalue weighted by atomic mass is 32.1. The highest BCUT2D eigenvalue weighted by Gasteiger charge is 2.51. The minimum Gasteiger partial charge on any atom is -0.465 e. The molecule has 1 saturated heterocycles. The third-order valence-electron chi connectivity index (χ3n) is 4.71. The van der Waals surface area contributed by atoms with Crippen molar-refractivity contribution < 1.29 is 18.8 Å². The fraction of sp³-hybridized carbons (Fsp3) is 0.389. The van der Waals surface area contributed by atoms with Crippen LogP contribution in [-0.2, 0) is 14.0 Å². The van der Waals surface area contributed by atoms with E-state index >= 15 is 0 Å². The summed E-state index contributed by atoms with van der Waals surface area (Å²) < 4.78 is 17.1. The normalized spacial score (nSPS) is 18.6. The summed E-state index contributed by atoms with van der Waals surface area (Å²) in [4.78, 5) is 13.1. The van der Waals surface area contributed by atoms with Gasteiger partial charge in [-0.3, -0.25) is 0 Å². The van der Waals surface area contributed by atoms with E-state index in [2.05, 4.69) is 0 Å². The summed E-state index contributed by atoms with van der Waals surface area (Å²) in [7, 11) is 0.868. The number of carbonyl (C=O) groups is 1. The van der Waals surface area contributed by atoms with Crippen molar-refractivity contribution in [3.63, 3.8) is 0 Å². The van der Waals surface area contributed by atoms with E-state index in [-0.39, 0.29) is 5.97 Å². The zero-order chi connectivity index (χ0) is 17.5. The van der Waals surface area contributed by atoms with Gasteiger partial charge >= 0.3 is 13.1 Å². The number of esters is 1. The number of ether oxygens (including phenoxy) is 1. The highest BCUT2D eigenvalue weighted by Crippen LogP contribution is 2.37. The number of benzene rings is 1. The van der Waals surface area contributed by atoms with E-state index < -0.39 is 18.3 Å². The molecular weight excluding hydrogens is 323 g/mol. The van der Waals surface area contributed by atoms with Crippen LogP contribution < -0.4 is 5.46 Å². The van der Waals surface area contributed by atoms with Crippen LogP contribution in [0.5, 0.6) is 0 Å². The average Bonchev–Trinajstić information content (AvgIpc) is 3.13. The maximum atomic E-state index is 12.1. The van der Waals surface area contributed by atoms with Crippen LogP contribution in [0.4, 0.5) is 0 Å². The molecule has 0 aliphatic carbocycles. The lowest BCUT2D eigenvalue weighted by atomic mass is 9.77. The van der Waals surface area contributed by atoms with Gasteiger partial charge in [-0.15, -0.1) is 11.3 Å². The van der Waals surface area contributed by atoms with Gasteiger partial charge in [0, 0.05) is 4.88 Å². The second kappa shape index (κ2) is 6.03. The zero-order valence-electron chi connectivity index (χ0n) is 14.6. The van der Waals surface area contributed by atoms with Crippen molar-refractivity contribution in [3.05, 3.63) is 41.3 Å². The monoisotopic (exact) mass is 344 g/mol. The Morgan fingerprint density at radius 1 is 1.12 bits per heavy atom. The average molecular weight is 344 g/mol. The lowest BCUT2D eigenvalue weighted by Gasteiger charge is -2.32. The maximum Gasteiger partial charge on any atom is 0.494 e. The first kappa shape index (κ1) is 17.2. The van der Waals surface area contributed by atoms with E-state index in [4.69, 9.17) is 14.0 Å². The molecule has 2 heterocycles. The van der Waals surface area contributed by atoms with Gasteiger partial charge in [-0.25, -0.2) is 4.79 Å². The summed E-state index contributed by atoms with van der Waals surface area (Å²) in [6, 6.07) is 9.65. The Kier molecular flexibility index (Phi) is 4.32. The van der Waals surface area contributed by atoms with Crippen molar-refractivity contribution in [1.82, 2.24) is 0 Å². The molecule has 2 aromatic rings. The molecule has 0 radical (unpaired) electrons. The van der Waals surface area contributed by atoms with Crippen LogP contribution in [0.15, 0.2) is 35.7 Å². The molecule has 0 spiro atoms. The summed E-state index contributed by atoms with van der Waals surface area (Å²) in [5.74, 6) is -0.369. The van der Waals surface area contributed by atoms with Crippen molar-refractivity contribution in [2.45, 2.75) is 38.9 Å². The standard InChI is InChI=1S/C18H21BO4S/c1-17(2)18(3,4)23-19(22-17)14-10-12(15-7-6-8-24-15)9-13(11-14)16(20)21-5/h6-11H,1-5H3. The maximum absolute atomic E-state index is 12.1.